The predicted molar refractivity (Wildman–Crippen MR) is 79.1 cm³/mol. The molecule has 0 spiro atoms. The van der Waals surface area contributed by atoms with Gasteiger partial charge in [-0.15, -0.1) is 0 Å². The van der Waals surface area contributed by atoms with Gasteiger partial charge in [-0.3, -0.25) is 4.90 Å². The minimum absolute atomic E-state index is 0.617. The van der Waals surface area contributed by atoms with Gasteiger partial charge in [0.15, 0.2) is 0 Å². The van der Waals surface area contributed by atoms with Crippen LogP contribution in [0.15, 0.2) is 0 Å². The first kappa shape index (κ1) is 16.2. The lowest BCUT2D eigenvalue weighted by molar-refractivity contribution is 0.0131. The van der Waals surface area contributed by atoms with Gasteiger partial charge in [-0.25, -0.2) is 0 Å². The molecule has 1 saturated carbocycles. The van der Waals surface area contributed by atoms with Gasteiger partial charge in [0.1, 0.15) is 0 Å². The van der Waals surface area contributed by atoms with Gasteiger partial charge in [0.2, 0.25) is 0 Å². The fourth-order valence-electron chi connectivity index (χ4n) is 2.72. The first-order valence-electron chi connectivity index (χ1n) is 7.93. The molecular formula is C15H30N2O3. The molecule has 0 amide bonds. The summed E-state index contributed by atoms with van der Waals surface area (Å²) in [5.74, 6) is 0.931. The van der Waals surface area contributed by atoms with E-state index >= 15 is 0 Å². The van der Waals surface area contributed by atoms with Crippen LogP contribution < -0.4 is 5.32 Å². The molecular weight excluding hydrogens is 256 g/mol. The number of hydrogen-bond donors (Lipinski definition) is 1. The zero-order chi connectivity index (χ0) is 14.2. The van der Waals surface area contributed by atoms with E-state index in [0.717, 1.165) is 25.6 Å². The Balaban J connectivity index is 1.49. The maximum absolute atomic E-state index is 5.65. The van der Waals surface area contributed by atoms with E-state index in [1.807, 2.05) is 0 Å². The van der Waals surface area contributed by atoms with Crippen molar-refractivity contribution in [2.24, 2.45) is 5.92 Å². The van der Waals surface area contributed by atoms with Gasteiger partial charge < -0.3 is 19.5 Å². The minimum Gasteiger partial charge on any atom is -0.382 e. The smallest absolute Gasteiger partial charge is 0.0701 e. The summed E-state index contributed by atoms with van der Waals surface area (Å²) in [4.78, 5) is 2.56. The highest BCUT2D eigenvalue weighted by Gasteiger charge is 2.35. The lowest BCUT2D eigenvalue weighted by Gasteiger charge is -2.39. The van der Waals surface area contributed by atoms with Crippen LogP contribution in [0, 0.1) is 5.92 Å². The first-order valence-corrected chi connectivity index (χ1v) is 7.93. The number of rotatable bonds is 10. The van der Waals surface area contributed by atoms with Crippen LogP contribution in [0.25, 0.3) is 0 Å². The molecule has 0 aromatic rings. The second-order valence-corrected chi connectivity index (χ2v) is 5.91. The van der Waals surface area contributed by atoms with Crippen molar-refractivity contribution in [1.29, 1.82) is 0 Å². The quantitative estimate of drug-likeness (QED) is 0.600. The van der Waals surface area contributed by atoms with Crippen LogP contribution in [-0.2, 0) is 14.2 Å². The first-order chi connectivity index (χ1) is 9.81. The number of methoxy groups -OCH3 is 1. The summed E-state index contributed by atoms with van der Waals surface area (Å²) in [5, 5.41) is 3.68. The molecule has 20 heavy (non-hydrogen) atoms. The maximum Gasteiger partial charge on any atom is 0.0701 e. The number of nitrogens with one attached hydrogen (secondary N) is 1. The summed E-state index contributed by atoms with van der Waals surface area (Å²) >= 11 is 0. The van der Waals surface area contributed by atoms with Gasteiger partial charge >= 0.3 is 0 Å². The van der Waals surface area contributed by atoms with E-state index < -0.39 is 0 Å². The standard InChI is InChI=1S/C15H30N2O3/c1-13-11-16-15(14-3-4-14)12-17(13)5-6-19-9-10-20-8-7-18-2/h13-16H,3-12H2,1-2H3. The topological polar surface area (TPSA) is 43.0 Å². The summed E-state index contributed by atoms with van der Waals surface area (Å²) in [6.45, 7) is 9.06. The van der Waals surface area contributed by atoms with Crippen molar-refractivity contribution < 1.29 is 14.2 Å². The van der Waals surface area contributed by atoms with Crippen molar-refractivity contribution in [3.8, 4) is 0 Å². The highest BCUT2D eigenvalue weighted by Crippen LogP contribution is 2.34. The predicted octanol–water partition coefficient (Wildman–Crippen LogP) is 0.738. The summed E-state index contributed by atoms with van der Waals surface area (Å²) < 4.78 is 15.9. The van der Waals surface area contributed by atoms with E-state index in [2.05, 4.69) is 17.1 Å². The minimum atomic E-state index is 0.617. The molecule has 5 heteroatoms. The summed E-state index contributed by atoms with van der Waals surface area (Å²) in [6.07, 6.45) is 2.82. The van der Waals surface area contributed by atoms with Gasteiger partial charge in [0.05, 0.1) is 33.0 Å². The Morgan fingerprint density at radius 1 is 1.05 bits per heavy atom. The van der Waals surface area contributed by atoms with E-state index in [1.165, 1.54) is 19.4 Å². The molecule has 2 fully saturated rings. The monoisotopic (exact) mass is 286 g/mol. The third kappa shape index (κ3) is 5.66. The Kier molecular flexibility index (Phi) is 7.24. The maximum atomic E-state index is 5.65. The Hall–Kier alpha value is -0.200. The van der Waals surface area contributed by atoms with Crippen molar-refractivity contribution in [3.05, 3.63) is 0 Å². The van der Waals surface area contributed by atoms with Crippen LogP contribution in [0.2, 0.25) is 0 Å². The fourth-order valence-corrected chi connectivity index (χ4v) is 2.72. The molecule has 2 unspecified atom stereocenters. The van der Waals surface area contributed by atoms with Gasteiger partial charge in [-0.1, -0.05) is 0 Å². The molecule has 118 valence electrons. The Bertz CT molecular complexity index is 262. The molecule has 0 bridgehead atoms. The fraction of sp³-hybridized carbons (Fsp3) is 1.00. The van der Waals surface area contributed by atoms with Crippen LogP contribution in [0.1, 0.15) is 19.8 Å². The van der Waals surface area contributed by atoms with Crippen molar-refractivity contribution in [1.82, 2.24) is 10.2 Å². The summed E-state index contributed by atoms with van der Waals surface area (Å²) in [6, 6.07) is 1.33. The second-order valence-electron chi connectivity index (χ2n) is 5.91. The average molecular weight is 286 g/mol. The second kappa shape index (κ2) is 8.95. The van der Waals surface area contributed by atoms with E-state index in [4.69, 9.17) is 14.2 Å². The molecule has 2 atom stereocenters. The molecule has 0 aromatic carbocycles. The van der Waals surface area contributed by atoms with Crippen LogP contribution in [0.5, 0.6) is 0 Å². The van der Waals surface area contributed by atoms with Crippen molar-refractivity contribution >= 4 is 0 Å². The van der Waals surface area contributed by atoms with Gasteiger partial charge in [0.25, 0.3) is 0 Å². The normalized spacial score (nSPS) is 27.9. The zero-order valence-corrected chi connectivity index (χ0v) is 13.0. The number of piperazine rings is 1. The molecule has 2 rings (SSSR count). The van der Waals surface area contributed by atoms with E-state index in [-0.39, 0.29) is 0 Å². The average Bonchev–Trinajstić information content (AvgIpc) is 3.28. The molecule has 1 heterocycles. The zero-order valence-electron chi connectivity index (χ0n) is 13.0. The van der Waals surface area contributed by atoms with E-state index in [9.17, 15) is 0 Å². The van der Waals surface area contributed by atoms with Crippen molar-refractivity contribution in [2.45, 2.75) is 31.8 Å². The lowest BCUT2D eigenvalue weighted by Crippen LogP contribution is -2.56. The third-order valence-corrected chi connectivity index (χ3v) is 4.25. The van der Waals surface area contributed by atoms with Gasteiger partial charge in [-0.05, 0) is 25.7 Å². The Labute approximate surface area is 122 Å². The molecule has 1 aliphatic carbocycles. The molecule has 0 radical (unpaired) electrons. The van der Waals surface area contributed by atoms with Crippen molar-refractivity contribution in [3.63, 3.8) is 0 Å². The summed E-state index contributed by atoms with van der Waals surface area (Å²) in [5.41, 5.74) is 0. The Morgan fingerprint density at radius 3 is 2.45 bits per heavy atom. The van der Waals surface area contributed by atoms with E-state index in [0.29, 0.717) is 38.5 Å². The van der Waals surface area contributed by atoms with Crippen LogP contribution in [0.3, 0.4) is 0 Å². The Morgan fingerprint density at radius 2 is 1.75 bits per heavy atom. The van der Waals surface area contributed by atoms with Crippen LogP contribution in [-0.4, -0.2) is 76.8 Å². The van der Waals surface area contributed by atoms with Crippen molar-refractivity contribution in [2.75, 3.05) is 59.8 Å². The number of ether oxygens (including phenoxy) is 3. The molecule has 1 N–H and O–H groups in total. The molecule has 5 nitrogen and oxygen atoms in total. The van der Waals surface area contributed by atoms with Crippen LogP contribution >= 0.6 is 0 Å². The third-order valence-electron chi connectivity index (χ3n) is 4.25. The highest BCUT2D eigenvalue weighted by atomic mass is 16.5. The van der Waals surface area contributed by atoms with Gasteiger partial charge in [-0.2, -0.15) is 0 Å². The molecule has 2 aliphatic rings. The SMILES string of the molecule is COCCOCCOCCN1CC(C2CC2)NCC1C. The molecule has 1 saturated heterocycles. The highest BCUT2D eigenvalue weighted by molar-refractivity contribution is 4.93. The summed E-state index contributed by atoms with van der Waals surface area (Å²) in [7, 11) is 1.68. The lowest BCUT2D eigenvalue weighted by atomic mass is 10.1. The molecule has 0 aromatic heterocycles. The van der Waals surface area contributed by atoms with E-state index in [1.54, 1.807) is 7.11 Å². The largest absolute Gasteiger partial charge is 0.382 e. The number of hydrogen-bond acceptors (Lipinski definition) is 5. The van der Waals surface area contributed by atoms with Gasteiger partial charge in [0, 0.05) is 38.8 Å². The number of nitrogens with zero attached hydrogens (tertiary/aromatic N) is 1. The van der Waals surface area contributed by atoms with Crippen LogP contribution in [0.4, 0.5) is 0 Å². The molecule has 1 aliphatic heterocycles.